The molecule has 2 aliphatic heterocycles. The number of para-hydroxylation sites is 1. The van der Waals surface area contributed by atoms with Gasteiger partial charge < -0.3 is 24.7 Å². The number of amidine groups is 1. The first kappa shape index (κ1) is 31.3. The highest BCUT2D eigenvalue weighted by Gasteiger charge is 2.26. The molecule has 0 aliphatic carbocycles. The summed E-state index contributed by atoms with van der Waals surface area (Å²) in [6, 6.07) is 13.0. The van der Waals surface area contributed by atoms with Crippen LogP contribution in [0.2, 0.25) is 0 Å². The molecule has 0 unspecified atom stereocenters. The van der Waals surface area contributed by atoms with Gasteiger partial charge in [-0.25, -0.2) is 23.4 Å². The normalized spacial score (nSPS) is 15.6. The maximum atomic E-state index is 13.2. The number of carboxylic acid groups (broad SMARTS) is 2. The van der Waals surface area contributed by atoms with Crippen molar-refractivity contribution >= 4 is 34.6 Å². The number of piperidine rings is 1. The predicted octanol–water partition coefficient (Wildman–Crippen LogP) is 4.96. The van der Waals surface area contributed by atoms with Crippen molar-refractivity contribution in [3.63, 3.8) is 0 Å². The van der Waals surface area contributed by atoms with Gasteiger partial charge in [0, 0.05) is 57.2 Å². The van der Waals surface area contributed by atoms with Crippen LogP contribution in [0.5, 0.6) is 0 Å². The molecule has 0 aromatic heterocycles. The Morgan fingerprint density at radius 1 is 1.07 bits per heavy atom. The number of fused-ring (bicyclic) bond motifs is 1. The summed E-state index contributed by atoms with van der Waals surface area (Å²) in [5.74, 6) is -3.12. The fraction of sp³-hybridized carbons (Fsp3) is 0.414. The summed E-state index contributed by atoms with van der Waals surface area (Å²) >= 11 is 1.84. The Morgan fingerprint density at radius 3 is 2.45 bits per heavy atom. The van der Waals surface area contributed by atoms with Crippen molar-refractivity contribution in [3.8, 4) is 0 Å². The summed E-state index contributed by atoms with van der Waals surface area (Å²) in [5.41, 5.74) is 3.19. The number of nitrogens with zero attached hydrogens (tertiary/aromatic N) is 3. The minimum atomic E-state index is -1.26. The molecule has 0 atom stereocenters. The van der Waals surface area contributed by atoms with E-state index in [1.54, 1.807) is 6.07 Å². The molecule has 216 valence electrons. The van der Waals surface area contributed by atoms with Crippen LogP contribution in [0.15, 0.2) is 59.6 Å². The van der Waals surface area contributed by atoms with E-state index in [0.29, 0.717) is 37.8 Å². The van der Waals surface area contributed by atoms with E-state index in [0.717, 1.165) is 61.1 Å². The molecule has 0 amide bonds. The van der Waals surface area contributed by atoms with Crippen molar-refractivity contribution in [2.75, 3.05) is 39.9 Å². The van der Waals surface area contributed by atoms with Gasteiger partial charge in [-0.1, -0.05) is 36.0 Å². The minimum Gasteiger partial charge on any atom is -0.478 e. The number of likely N-dealkylation sites (tertiary alicyclic amines) is 1. The number of hydrogen-bond acceptors (Lipinski definition) is 7. The SMILES string of the molecule is CN(C1=Nc2ccccc2CS1)C1CCN(CCCOCCc2ccc(F)c(F)c2)CC1.O=C(O)C=CC(=O)O. The number of carboxylic acids is 2. The van der Waals surface area contributed by atoms with E-state index in [2.05, 4.69) is 41.1 Å². The van der Waals surface area contributed by atoms with E-state index in [9.17, 15) is 18.4 Å². The van der Waals surface area contributed by atoms with Gasteiger partial charge in [0.25, 0.3) is 0 Å². The molecule has 1 saturated heterocycles. The Kier molecular flexibility index (Phi) is 12.6. The summed E-state index contributed by atoms with van der Waals surface area (Å²) in [6.45, 7) is 4.44. The first-order chi connectivity index (χ1) is 19.2. The van der Waals surface area contributed by atoms with E-state index in [-0.39, 0.29) is 0 Å². The van der Waals surface area contributed by atoms with Gasteiger partial charge in [0.05, 0.1) is 12.3 Å². The first-order valence-electron chi connectivity index (χ1n) is 13.1. The lowest BCUT2D eigenvalue weighted by molar-refractivity contribution is -0.134. The van der Waals surface area contributed by atoms with E-state index in [1.807, 2.05) is 11.8 Å². The molecule has 0 saturated carbocycles. The summed E-state index contributed by atoms with van der Waals surface area (Å²) in [6.07, 6.45) is 4.99. The molecule has 0 spiro atoms. The molecule has 2 aromatic rings. The molecule has 2 heterocycles. The Bertz CT molecular complexity index is 1190. The van der Waals surface area contributed by atoms with Gasteiger partial charge in [-0.3, -0.25) is 0 Å². The third-order valence-corrected chi connectivity index (χ3v) is 7.71. The summed E-state index contributed by atoms with van der Waals surface area (Å²) in [7, 11) is 2.18. The van der Waals surface area contributed by atoms with Crippen molar-refractivity contribution in [2.24, 2.45) is 4.99 Å². The van der Waals surface area contributed by atoms with E-state index in [1.165, 1.54) is 17.7 Å². The van der Waals surface area contributed by atoms with Gasteiger partial charge >= 0.3 is 11.9 Å². The summed E-state index contributed by atoms with van der Waals surface area (Å²) in [4.78, 5) is 28.9. The Balaban J connectivity index is 0.000000482. The number of rotatable bonds is 10. The van der Waals surface area contributed by atoms with Crippen LogP contribution in [0.1, 0.15) is 30.4 Å². The number of hydrogen-bond donors (Lipinski definition) is 2. The van der Waals surface area contributed by atoms with Gasteiger partial charge in [0.1, 0.15) is 0 Å². The van der Waals surface area contributed by atoms with E-state index < -0.39 is 23.6 Å². The van der Waals surface area contributed by atoms with E-state index >= 15 is 0 Å². The molecule has 2 aliphatic rings. The van der Waals surface area contributed by atoms with Crippen molar-refractivity contribution < 1.29 is 33.3 Å². The minimum absolute atomic E-state index is 0.529. The third-order valence-electron chi connectivity index (χ3n) is 6.62. The maximum Gasteiger partial charge on any atom is 0.328 e. The second kappa shape index (κ2) is 16.1. The lowest BCUT2D eigenvalue weighted by Crippen LogP contribution is -2.45. The zero-order valence-corrected chi connectivity index (χ0v) is 23.3. The molecule has 1 fully saturated rings. The molecule has 2 N–H and O–H groups in total. The molecular weight excluding hydrogens is 540 g/mol. The predicted molar refractivity (Wildman–Crippen MR) is 152 cm³/mol. The summed E-state index contributed by atoms with van der Waals surface area (Å²) < 4.78 is 31.9. The lowest BCUT2D eigenvalue weighted by Gasteiger charge is -2.38. The van der Waals surface area contributed by atoms with Crippen LogP contribution < -0.4 is 0 Å². The Morgan fingerprint density at radius 2 is 1.77 bits per heavy atom. The van der Waals surface area contributed by atoms with Gasteiger partial charge in [0.15, 0.2) is 16.8 Å². The maximum absolute atomic E-state index is 13.2. The highest BCUT2D eigenvalue weighted by atomic mass is 32.2. The van der Waals surface area contributed by atoms with Crippen molar-refractivity contribution in [2.45, 2.75) is 37.5 Å². The van der Waals surface area contributed by atoms with Crippen LogP contribution in [0.3, 0.4) is 0 Å². The monoisotopic (exact) mass is 575 g/mol. The largest absolute Gasteiger partial charge is 0.478 e. The fourth-order valence-corrected chi connectivity index (χ4v) is 5.45. The fourth-order valence-electron chi connectivity index (χ4n) is 4.41. The number of halogens is 2. The van der Waals surface area contributed by atoms with Crippen LogP contribution in [0.25, 0.3) is 0 Å². The number of benzene rings is 2. The average molecular weight is 576 g/mol. The number of carbonyl (C=O) groups is 2. The molecule has 40 heavy (non-hydrogen) atoms. The number of thioether (sulfide) groups is 1. The second-order valence-electron chi connectivity index (χ2n) is 9.47. The number of aliphatic carboxylic acids is 2. The molecular formula is C29H35F2N3O5S. The molecule has 11 heteroatoms. The van der Waals surface area contributed by atoms with Gasteiger partial charge in [-0.15, -0.1) is 0 Å². The molecule has 4 rings (SSSR count). The highest BCUT2D eigenvalue weighted by Crippen LogP contribution is 2.32. The third kappa shape index (κ3) is 10.4. The first-order valence-corrected chi connectivity index (χ1v) is 14.1. The molecule has 0 radical (unpaired) electrons. The molecule has 0 bridgehead atoms. The quantitative estimate of drug-likeness (QED) is 0.303. The van der Waals surface area contributed by atoms with Crippen LogP contribution in [0.4, 0.5) is 14.5 Å². The topological polar surface area (TPSA) is 103 Å². The number of aliphatic imine (C=N–C) groups is 1. The summed E-state index contributed by atoms with van der Waals surface area (Å²) in [5, 5.41) is 16.8. The van der Waals surface area contributed by atoms with Gasteiger partial charge in [0.2, 0.25) is 0 Å². The molecule has 8 nitrogen and oxygen atoms in total. The van der Waals surface area contributed by atoms with Crippen molar-refractivity contribution in [1.82, 2.24) is 9.80 Å². The zero-order valence-electron chi connectivity index (χ0n) is 22.5. The zero-order chi connectivity index (χ0) is 28.9. The van der Waals surface area contributed by atoms with Gasteiger partial charge in [-0.05, 0) is 55.0 Å². The van der Waals surface area contributed by atoms with E-state index in [4.69, 9.17) is 19.9 Å². The van der Waals surface area contributed by atoms with Crippen LogP contribution in [0, 0.1) is 11.6 Å². The lowest BCUT2D eigenvalue weighted by atomic mass is 10.0. The average Bonchev–Trinajstić information content (AvgIpc) is 2.95. The molecule has 2 aromatic carbocycles. The second-order valence-corrected chi connectivity index (χ2v) is 10.4. The number of ether oxygens (including phenoxy) is 1. The standard InChI is InChI=1S/C25H31F2N3OS.C4H4O4/c1-29(25-28-24-6-3-2-5-20(24)18-32-25)21-9-13-30(14-10-21)12-4-15-31-16-11-19-7-8-22(26)23(27)17-19;5-3(6)1-2-4(7)8/h2-3,5-8,17,21H,4,9-16,18H2,1H3;1-2H,(H,5,6)(H,7,8). The van der Waals surface area contributed by atoms with Crippen LogP contribution in [-0.2, 0) is 26.5 Å². The van der Waals surface area contributed by atoms with Gasteiger partial charge in [-0.2, -0.15) is 0 Å². The Labute approximate surface area is 237 Å². The smallest absolute Gasteiger partial charge is 0.328 e. The van der Waals surface area contributed by atoms with Crippen LogP contribution in [-0.4, -0.2) is 83.1 Å². The highest BCUT2D eigenvalue weighted by molar-refractivity contribution is 8.13. The van der Waals surface area contributed by atoms with Crippen LogP contribution >= 0.6 is 11.8 Å². The Hall–Kier alpha value is -3.28. The van der Waals surface area contributed by atoms with Crippen molar-refractivity contribution in [1.29, 1.82) is 0 Å². The van der Waals surface area contributed by atoms with Crippen molar-refractivity contribution in [3.05, 3.63) is 77.4 Å².